The number of hydrogen-bond donors (Lipinski definition) is 2. The van der Waals surface area contributed by atoms with Gasteiger partial charge in [-0.1, -0.05) is 47.5 Å². The molecule has 3 aromatic carbocycles. The Morgan fingerprint density at radius 2 is 1.67 bits per heavy atom. The number of nitrogens with zero attached hydrogens (tertiary/aromatic N) is 3. The van der Waals surface area contributed by atoms with Crippen LogP contribution in [0.2, 0.25) is 10.0 Å². The summed E-state index contributed by atoms with van der Waals surface area (Å²) in [7, 11) is 1.54. The third-order valence-electron chi connectivity index (χ3n) is 5.07. The molecule has 4 rings (SSSR count). The van der Waals surface area contributed by atoms with Gasteiger partial charge in [-0.05, 0) is 48.5 Å². The number of para-hydroxylation sites is 1. The number of carbonyl (C=O) groups excluding carboxylic acids is 1. The molecule has 1 heterocycles. The first kappa shape index (κ1) is 22.5. The molecule has 1 aromatic heterocycles. The van der Waals surface area contributed by atoms with E-state index in [4.69, 9.17) is 34.3 Å². The highest BCUT2D eigenvalue weighted by atomic mass is 35.5. The van der Waals surface area contributed by atoms with Crippen molar-refractivity contribution in [3.8, 4) is 16.9 Å². The van der Waals surface area contributed by atoms with Crippen LogP contribution < -0.4 is 10.6 Å². The second kappa shape index (κ2) is 9.05. The van der Waals surface area contributed by atoms with Gasteiger partial charge in [0.15, 0.2) is 5.69 Å². The van der Waals surface area contributed by atoms with Gasteiger partial charge in [0.05, 0.1) is 22.0 Å². The molecule has 0 aliphatic rings. The summed E-state index contributed by atoms with van der Waals surface area (Å²) in [6, 6.07) is 19.4. The molecule has 0 saturated heterocycles. The van der Waals surface area contributed by atoms with Gasteiger partial charge in [0.25, 0.3) is 5.91 Å². The van der Waals surface area contributed by atoms with E-state index in [1.54, 1.807) is 48.5 Å². The zero-order valence-corrected chi connectivity index (χ0v) is 18.9. The van der Waals surface area contributed by atoms with Gasteiger partial charge >= 0.3 is 0 Å². The monoisotopic (exact) mass is 481 g/mol. The van der Waals surface area contributed by atoms with Crippen LogP contribution in [0.25, 0.3) is 16.9 Å². The van der Waals surface area contributed by atoms with Crippen LogP contribution in [0.4, 0.5) is 10.1 Å². The van der Waals surface area contributed by atoms with E-state index in [-0.39, 0.29) is 17.1 Å². The van der Waals surface area contributed by atoms with Gasteiger partial charge in [0, 0.05) is 23.3 Å². The molecule has 6 nitrogen and oxygen atoms in total. The summed E-state index contributed by atoms with van der Waals surface area (Å²) in [5, 5.41) is 13.7. The van der Waals surface area contributed by atoms with Crippen molar-refractivity contribution in [1.29, 1.82) is 5.41 Å². The number of aromatic nitrogens is 2. The number of amidine groups is 1. The average molecular weight is 482 g/mol. The van der Waals surface area contributed by atoms with Crippen LogP contribution in [-0.4, -0.2) is 28.6 Å². The van der Waals surface area contributed by atoms with Gasteiger partial charge in [0.2, 0.25) is 0 Å². The van der Waals surface area contributed by atoms with Crippen molar-refractivity contribution in [2.45, 2.75) is 0 Å². The summed E-state index contributed by atoms with van der Waals surface area (Å²) >= 11 is 12.5. The van der Waals surface area contributed by atoms with Crippen molar-refractivity contribution in [2.75, 3.05) is 11.9 Å². The molecule has 33 heavy (non-hydrogen) atoms. The fourth-order valence-corrected chi connectivity index (χ4v) is 3.78. The van der Waals surface area contributed by atoms with Gasteiger partial charge in [-0.15, -0.1) is 0 Å². The number of nitrogens with one attached hydrogen (secondary N) is 1. The molecule has 0 aliphatic carbocycles. The van der Waals surface area contributed by atoms with E-state index in [2.05, 4.69) is 5.10 Å². The van der Waals surface area contributed by atoms with Gasteiger partial charge < -0.3 is 10.6 Å². The molecule has 0 atom stereocenters. The summed E-state index contributed by atoms with van der Waals surface area (Å²) in [5.41, 5.74) is 8.09. The molecular weight excluding hydrogens is 464 g/mol. The summed E-state index contributed by atoms with van der Waals surface area (Å²) in [6.07, 6.45) is 0. The van der Waals surface area contributed by atoms with Crippen molar-refractivity contribution in [2.24, 2.45) is 5.73 Å². The fourth-order valence-electron chi connectivity index (χ4n) is 3.44. The molecule has 0 spiro atoms. The van der Waals surface area contributed by atoms with Gasteiger partial charge in [-0.3, -0.25) is 10.2 Å². The van der Waals surface area contributed by atoms with Crippen LogP contribution in [0, 0.1) is 11.2 Å². The number of nitrogens with two attached hydrogens (primary N) is 1. The number of rotatable bonds is 5. The standard InChI is InChI=1S/C24H18Cl2FN5O/c1-31(17-12-10-16(27)11-13-17)24(33)21-20(23(28)29)22(14-6-8-15(25)9-7-14)32(30-21)19-5-3-2-4-18(19)26/h2-13H,1H3,(H3,28,29). The number of hydrogen-bond acceptors (Lipinski definition) is 3. The van der Waals surface area contributed by atoms with Crippen molar-refractivity contribution in [3.63, 3.8) is 0 Å². The summed E-state index contributed by atoms with van der Waals surface area (Å²) < 4.78 is 14.9. The summed E-state index contributed by atoms with van der Waals surface area (Å²) in [5.74, 6) is -1.28. The molecule has 0 radical (unpaired) electrons. The first-order chi connectivity index (χ1) is 15.8. The highest BCUT2D eigenvalue weighted by Gasteiger charge is 2.29. The Morgan fingerprint density at radius 3 is 2.27 bits per heavy atom. The number of amides is 1. The first-order valence-corrected chi connectivity index (χ1v) is 10.6. The lowest BCUT2D eigenvalue weighted by atomic mass is 10.0. The molecule has 0 unspecified atom stereocenters. The summed E-state index contributed by atoms with van der Waals surface area (Å²) in [6.45, 7) is 0. The predicted octanol–water partition coefficient (Wildman–Crippen LogP) is 5.55. The molecular formula is C24H18Cl2FN5O. The fraction of sp³-hybridized carbons (Fsp3) is 0.0417. The maximum atomic E-state index is 13.5. The van der Waals surface area contributed by atoms with E-state index < -0.39 is 11.7 Å². The largest absolute Gasteiger partial charge is 0.384 e. The Hall–Kier alpha value is -3.68. The lowest BCUT2D eigenvalue weighted by Gasteiger charge is -2.16. The normalized spacial score (nSPS) is 10.8. The van der Waals surface area contributed by atoms with Gasteiger partial charge in [0.1, 0.15) is 11.7 Å². The van der Waals surface area contributed by atoms with Crippen molar-refractivity contribution < 1.29 is 9.18 Å². The number of anilines is 1. The van der Waals surface area contributed by atoms with E-state index in [1.807, 2.05) is 0 Å². The molecule has 1 amide bonds. The predicted molar refractivity (Wildman–Crippen MR) is 129 cm³/mol. The van der Waals surface area contributed by atoms with Gasteiger partial charge in [-0.2, -0.15) is 5.10 Å². The van der Waals surface area contributed by atoms with E-state index in [0.717, 1.165) is 0 Å². The topological polar surface area (TPSA) is 88.0 Å². The Kier molecular flexibility index (Phi) is 6.18. The molecule has 3 N–H and O–H groups in total. The molecule has 9 heteroatoms. The Balaban J connectivity index is 1.96. The lowest BCUT2D eigenvalue weighted by Crippen LogP contribution is -2.29. The SMILES string of the molecule is CN(C(=O)c1nn(-c2ccccc2Cl)c(-c2ccc(Cl)cc2)c1C(=N)N)c1ccc(F)cc1. The minimum absolute atomic E-state index is 0.0424. The van der Waals surface area contributed by atoms with Crippen LogP contribution in [0.5, 0.6) is 0 Å². The van der Waals surface area contributed by atoms with E-state index in [1.165, 1.54) is 40.9 Å². The summed E-state index contributed by atoms with van der Waals surface area (Å²) in [4.78, 5) is 14.8. The minimum atomic E-state index is -0.521. The van der Waals surface area contributed by atoms with Crippen LogP contribution in [0.1, 0.15) is 16.1 Å². The van der Waals surface area contributed by atoms with Crippen LogP contribution >= 0.6 is 23.2 Å². The third-order valence-corrected chi connectivity index (χ3v) is 5.65. The molecule has 0 bridgehead atoms. The molecule has 4 aromatic rings. The second-order valence-corrected chi connectivity index (χ2v) is 8.04. The van der Waals surface area contributed by atoms with E-state index in [9.17, 15) is 9.18 Å². The Morgan fingerprint density at radius 1 is 1.03 bits per heavy atom. The van der Waals surface area contributed by atoms with Crippen molar-refractivity contribution in [3.05, 3.63) is 99.9 Å². The van der Waals surface area contributed by atoms with Crippen molar-refractivity contribution in [1.82, 2.24) is 9.78 Å². The lowest BCUT2D eigenvalue weighted by molar-refractivity contribution is 0.0987. The molecule has 0 fully saturated rings. The number of nitrogen functional groups attached to an aromatic ring is 1. The maximum absolute atomic E-state index is 13.5. The van der Waals surface area contributed by atoms with E-state index >= 15 is 0 Å². The minimum Gasteiger partial charge on any atom is -0.384 e. The van der Waals surface area contributed by atoms with Crippen LogP contribution in [-0.2, 0) is 0 Å². The molecule has 0 saturated carbocycles. The molecule has 166 valence electrons. The quantitative estimate of drug-likeness (QED) is 0.289. The number of halogens is 3. The van der Waals surface area contributed by atoms with Gasteiger partial charge in [-0.25, -0.2) is 9.07 Å². The highest BCUT2D eigenvalue weighted by Crippen LogP contribution is 2.33. The molecule has 0 aliphatic heterocycles. The zero-order valence-electron chi connectivity index (χ0n) is 17.4. The Labute approximate surface area is 199 Å². The second-order valence-electron chi connectivity index (χ2n) is 7.20. The number of carbonyl (C=O) groups is 1. The third kappa shape index (κ3) is 4.33. The Bertz CT molecular complexity index is 1350. The van der Waals surface area contributed by atoms with Crippen molar-refractivity contribution >= 4 is 40.6 Å². The first-order valence-electron chi connectivity index (χ1n) is 9.80. The highest BCUT2D eigenvalue weighted by molar-refractivity contribution is 6.32. The van der Waals surface area contributed by atoms with E-state index in [0.29, 0.717) is 32.7 Å². The average Bonchev–Trinajstić information content (AvgIpc) is 3.20. The van der Waals surface area contributed by atoms with Crippen LogP contribution in [0.15, 0.2) is 72.8 Å². The zero-order chi connectivity index (χ0) is 23.7. The number of benzene rings is 3. The maximum Gasteiger partial charge on any atom is 0.279 e. The smallest absolute Gasteiger partial charge is 0.279 e. The van der Waals surface area contributed by atoms with Crippen LogP contribution in [0.3, 0.4) is 0 Å².